The second-order valence-corrected chi connectivity index (χ2v) is 11.0. The number of hydrogen-bond donors (Lipinski definition) is 0. The van der Waals surface area contributed by atoms with E-state index in [-0.39, 0.29) is 5.82 Å². The van der Waals surface area contributed by atoms with Crippen molar-refractivity contribution in [2.75, 3.05) is 57.6 Å². The highest BCUT2D eigenvalue weighted by molar-refractivity contribution is 7.84. The highest BCUT2D eigenvalue weighted by atomic mass is 32.2. The topological polar surface area (TPSA) is 50.6 Å². The van der Waals surface area contributed by atoms with Crippen LogP contribution in [0.1, 0.15) is 5.69 Å². The van der Waals surface area contributed by atoms with Gasteiger partial charge in [0.05, 0.1) is 23.5 Å². The fourth-order valence-electron chi connectivity index (χ4n) is 5.08. The first-order valence-corrected chi connectivity index (χ1v) is 14.1. The monoisotopic (exact) mass is 520 g/mol. The molecule has 8 heteroatoms. The van der Waals surface area contributed by atoms with E-state index in [4.69, 9.17) is 9.72 Å². The molecule has 0 saturated carbocycles. The Morgan fingerprint density at radius 2 is 1.70 bits per heavy atom. The van der Waals surface area contributed by atoms with E-state index >= 15 is 4.39 Å². The van der Waals surface area contributed by atoms with Crippen LogP contribution in [-0.4, -0.2) is 71.4 Å². The molecule has 1 aliphatic heterocycles. The summed E-state index contributed by atoms with van der Waals surface area (Å²) in [6.45, 7) is 7.01. The summed E-state index contributed by atoms with van der Waals surface area (Å²) in [5, 5.41) is 1.06. The van der Waals surface area contributed by atoms with Crippen LogP contribution in [0, 0.1) is 12.7 Å². The average molecular weight is 521 g/mol. The highest BCUT2D eigenvalue weighted by Crippen LogP contribution is 2.33. The van der Waals surface area contributed by atoms with E-state index in [2.05, 4.69) is 20.4 Å². The van der Waals surface area contributed by atoms with Crippen LogP contribution in [0.5, 0.6) is 0 Å². The average Bonchev–Trinajstić information content (AvgIpc) is 3.24. The summed E-state index contributed by atoms with van der Waals surface area (Å²) in [7, 11) is 2.74. The maximum Gasteiger partial charge on any atom is 0.147 e. The molecule has 6 nitrogen and oxygen atoms in total. The van der Waals surface area contributed by atoms with Crippen LogP contribution >= 0.6 is 0 Å². The van der Waals surface area contributed by atoms with Crippen molar-refractivity contribution >= 4 is 27.4 Å². The molecule has 1 unspecified atom stereocenters. The molecule has 0 spiro atoms. The highest BCUT2D eigenvalue weighted by Gasteiger charge is 2.20. The molecule has 3 heterocycles. The maximum atomic E-state index is 15.3. The van der Waals surface area contributed by atoms with Crippen molar-refractivity contribution in [3.05, 3.63) is 66.1 Å². The normalized spacial score (nSPS) is 15.4. The van der Waals surface area contributed by atoms with Gasteiger partial charge in [0.2, 0.25) is 0 Å². The molecule has 2 aromatic heterocycles. The van der Waals surface area contributed by atoms with E-state index in [1.807, 2.05) is 56.4 Å². The van der Waals surface area contributed by atoms with Crippen LogP contribution in [0.25, 0.3) is 33.4 Å². The fraction of sp³-hybridized carbons (Fsp3) is 0.345. The van der Waals surface area contributed by atoms with E-state index in [1.165, 1.54) is 0 Å². The lowest BCUT2D eigenvalue weighted by atomic mass is 10.1. The second kappa shape index (κ2) is 10.7. The zero-order valence-corrected chi connectivity index (χ0v) is 22.6. The minimum atomic E-state index is -1.01. The molecule has 194 valence electrons. The summed E-state index contributed by atoms with van der Waals surface area (Å²) in [6.07, 6.45) is 1.68. The second-order valence-electron chi connectivity index (χ2n) is 9.58. The quantitative estimate of drug-likeness (QED) is 0.348. The predicted octanol–water partition coefficient (Wildman–Crippen LogP) is 4.86. The third-order valence-corrected chi connectivity index (χ3v) is 8.22. The van der Waals surface area contributed by atoms with Gasteiger partial charge < -0.3 is 14.2 Å². The van der Waals surface area contributed by atoms with Crippen molar-refractivity contribution in [3.63, 3.8) is 0 Å². The number of piperazine rings is 1. The van der Waals surface area contributed by atoms with E-state index in [0.717, 1.165) is 83.3 Å². The van der Waals surface area contributed by atoms with Crippen LogP contribution in [0.15, 0.2) is 59.5 Å². The standard InChI is InChI=1S/C29H33FN4O2S/c1-20-24-18-28(21-5-8-23(9-6-21)37(4)35)32(2)29(24)19-26(31-20)22-7-10-27(25(30)17-22)34-13-11-33(12-14-34)15-16-36-3/h5-10,17-19H,11-16H2,1-4H3. The minimum absolute atomic E-state index is 0.219. The van der Waals surface area contributed by atoms with E-state index in [9.17, 15) is 4.21 Å². The van der Waals surface area contributed by atoms with Gasteiger partial charge in [0.15, 0.2) is 0 Å². The van der Waals surface area contributed by atoms with Crippen molar-refractivity contribution in [3.8, 4) is 22.5 Å². The lowest BCUT2D eigenvalue weighted by Gasteiger charge is -2.36. The van der Waals surface area contributed by atoms with Gasteiger partial charge >= 0.3 is 0 Å². The molecule has 1 aliphatic rings. The van der Waals surface area contributed by atoms with Crippen LogP contribution in [0.2, 0.25) is 0 Å². The number of hydrogen-bond acceptors (Lipinski definition) is 5. The summed E-state index contributed by atoms with van der Waals surface area (Å²) < 4.78 is 34.4. The number of ether oxygens (including phenoxy) is 1. The van der Waals surface area contributed by atoms with Crippen LogP contribution in [0.3, 0.4) is 0 Å². The molecule has 0 bridgehead atoms. The minimum Gasteiger partial charge on any atom is -0.383 e. The maximum absolute atomic E-state index is 15.3. The number of rotatable bonds is 7. The summed E-state index contributed by atoms with van der Waals surface area (Å²) in [4.78, 5) is 10.1. The Morgan fingerprint density at radius 1 is 1.00 bits per heavy atom. The Kier molecular flexibility index (Phi) is 7.42. The van der Waals surface area contributed by atoms with E-state index in [1.54, 1.807) is 19.4 Å². The number of aryl methyl sites for hydroxylation is 2. The molecule has 0 N–H and O–H groups in total. The molecule has 2 aromatic carbocycles. The zero-order valence-electron chi connectivity index (χ0n) is 21.8. The molecule has 0 aliphatic carbocycles. The van der Waals surface area contributed by atoms with Gasteiger partial charge in [-0.2, -0.15) is 0 Å². The summed E-state index contributed by atoms with van der Waals surface area (Å²) in [5.41, 5.74) is 6.20. The van der Waals surface area contributed by atoms with Gasteiger partial charge in [0.25, 0.3) is 0 Å². The third-order valence-electron chi connectivity index (χ3n) is 7.28. The van der Waals surface area contributed by atoms with Crippen molar-refractivity contribution in [1.29, 1.82) is 0 Å². The molecule has 37 heavy (non-hydrogen) atoms. The van der Waals surface area contributed by atoms with Gasteiger partial charge in [-0.05, 0) is 48.9 Å². The van der Waals surface area contributed by atoms with E-state index in [0.29, 0.717) is 5.69 Å². The Bertz CT molecular complexity index is 1440. The Labute approximate surface area is 220 Å². The first-order chi connectivity index (χ1) is 17.9. The fourth-order valence-corrected chi connectivity index (χ4v) is 5.60. The number of aromatic nitrogens is 2. The number of methoxy groups -OCH3 is 1. The molecule has 5 rings (SSSR count). The zero-order chi connectivity index (χ0) is 26.1. The lowest BCUT2D eigenvalue weighted by molar-refractivity contribution is 0.144. The largest absolute Gasteiger partial charge is 0.383 e. The molecule has 0 radical (unpaired) electrons. The van der Waals surface area contributed by atoms with Crippen molar-refractivity contribution < 1.29 is 13.3 Å². The third kappa shape index (κ3) is 5.19. The molecule has 1 atom stereocenters. The summed E-state index contributed by atoms with van der Waals surface area (Å²) in [5.74, 6) is -0.219. The molecule has 4 aromatic rings. The van der Waals surface area contributed by atoms with E-state index < -0.39 is 10.8 Å². The SMILES string of the molecule is COCCN1CCN(c2ccc(-c3cc4c(cc(-c5ccc(S(C)=O)cc5)n4C)c(C)n3)cc2F)CC1. The van der Waals surface area contributed by atoms with Gasteiger partial charge in [0.1, 0.15) is 5.82 Å². The summed E-state index contributed by atoms with van der Waals surface area (Å²) >= 11 is 0. The Morgan fingerprint density at radius 3 is 2.35 bits per heavy atom. The molecule has 1 fully saturated rings. The Hall–Kier alpha value is -3.07. The number of anilines is 1. The molecular formula is C29H33FN4O2S. The van der Waals surface area contributed by atoms with Gasteiger partial charge in [0, 0.05) is 91.2 Å². The lowest BCUT2D eigenvalue weighted by Crippen LogP contribution is -2.47. The Balaban J connectivity index is 1.41. The first kappa shape index (κ1) is 25.6. The number of halogens is 1. The number of nitrogens with zero attached hydrogens (tertiary/aromatic N) is 4. The van der Waals surface area contributed by atoms with Crippen molar-refractivity contribution in [2.45, 2.75) is 11.8 Å². The van der Waals surface area contributed by atoms with Crippen molar-refractivity contribution in [1.82, 2.24) is 14.5 Å². The van der Waals surface area contributed by atoms with Gasteiger partial charge in [-0.1, -0.05) is 18.2 Å². The summed E-state index contributed by atoms with van der Waals surface area (Å²) in [6, 6.07) is 17.4. The number of benzene rings is 2. The number of pyridine rings is 1. The van der Waals surface area contributed by atoms with Gasteiger partial charge in [-0.3, -0.25) is 14.1 Å². The number of fused-ring (bicyclic) bond motifs is 1. The van der Waals surface area contributed by atoms with Crippen LogP contribution in [-0.2, 0) is 22.6 Å². The van der Waals surface area contributed by atoms with Crippen molar-refractivity contribution in [2.24, 2.45) is 7.05 Å². The predicted molar refractivity (Wildman–Crippen MR) is 149 cm³/mol. The molecule has 0 amide bonds. The molecule has 1 saturated heterocycles. The smallest absolute Gasteiger partial charge is 0.147 e. The molecular weight excluding hydrogens is 487 g/mol. The van der Waals surface area contributed by atoms with Crippen LogP contribution in [0.4, 0.5) is 10.1 Å². The van der Waals surface area contributed by atoms with Gasteiger partial charge in [-0.25, -0.2) is 4.39 Å². The first-order valence-electron chi connectivity index (χ1n) is 12.5. The van der Waals surface area contributed by atoms with Crippen LogP contribution < -0.4 is 4.90 Å². The van der Waals surface area contributed by atoms with Gasteiger partial charge in [-0.15, -0.1) is 0 Å².